The van der Waals surface area contributed by atoms with Crippen LogP contribution in [0, 0.1) is 12.3 Å². The van der Waals surface area contributed by atoms with Crippen molar-refractivity contribution in [3.63, 3.8) is 0 Å². The zero-order chi connectivity index (χ0) is 22.6. The molecule has 10 heteroatoms. The lowest BCUT2D eigenvalue weighted by molar-refractivity contribution is -0.919. The quantitative estimate of drug-likeness (QED) is 0.564. The zero-order valence-electron chi connectivity index (χ0n) is 18.4. The van der Waals surface area contributed by atoms with Gasteiger partial charge in [0.25, 0.3) is 17.7 Å². The first kappa shape index (κ1) is 23.0. The van der Waals surface area contributed by atoms with Crippen molar-refractivity contribution in [3.05, 3.63) is 28.2 Å². The van der Waals surface area contributed by atoms with Gasteiger partial charge >= 0.3 is 0 Å². The van der Waals surface area contributed by atoms with Gasteiger partial charge in [-0.1, -0.05) is 19.0 Å². The summed E-state index contributed by atoms with van der Waals surface area (Å²) in [5.74, 6) is -0.294. The third-order valence-electron chi connectivity index (χ3n) is 5.86. The molecule has 0 atom stereocenters. The fourth-order valence-corrected chi connectivity index (χ4v) is 4.77. The molecule has 0 aromatic carbocycles. The topological polar surface area (TPSA) is 113 Å². The average molecular weight is 449 g/mol. The number of likely N-dealkylation sites (tertiary alicyclic amines) is 1. The summed E-state index contributed by atoms with van der Waals surface area (Å²) in [5, 5.41) is 13.8. The van der Waals surface area contributed by atoms with E-state index in [0.717, 1.165) is 31.5 Å². The number of carbonyl (C=O) groups excluding carboxylic acids is 3. The second-order valence-electron chi connectivity index (χ2n) is 8.95. The number of aryl methyl sites for hydroxylation is 1. The standard InChI is InChI=1S/C21H29N5O4S/c1-14-13-31-19(20(29)22-4)18(14)24-17(28)12-26(8-6-21(2,3)7-9-26)11-16(27)23-15-5-10-30-25-15/h5,10,13H,6-9,11-12H2,1-4H3,(H2-,22,23,24,25,27,28,29)/p+1. The fraction of sp³-hybridized carbons (Fsp3) is 0.524. The predicted molar refractivity (Wildman–Crippen MR) is 119 cm³/mol. The first-order chi connectivity index (χ1) is 14.6. The van der Waals surface area contributed by atoms with E-state index in [1.54, 1.807) is 13.1 Å². The van der Waals surface area contributed by atoms with Crippen LogP contribution < -0.4 is 16.0 Å². The van der Waals surface area contributed by atoms with Crippen LogP contribution >= 0.6 is 11.3 Å². The molecule has 1 aliphatic rings. The molecule has 0 radical (unpaired) electrons. The van der Waals surface area contributed by atoms with E-state index in [1.807, 2.05) is 12.3 Å². The van der Waals surface area contributed by atoms with Gasteiger partial charge in [0, 0.05) is 26.0 Å². The maximum atomic E-state index is 13.0. The van der Waals surface area contributed by atoms with Crippen LogP contribution in [0.4, 0.5) is 11.5 Å². The molecule has 168 valence electrons. The van der Waals surface area contributed by atoms with Gasteiger partial charge in [0.15, 0.2) is 18.9 Å². The summed E-state index contributed by atoms with van der Waals surface area (Å²) in [6, 6.07) is 1.58. The van der Waals surface area contributed by atoms with Crippen molar-refractivity contribution in [2.45, 2.75) is 33.6 Å². The van der Waals surface area contributed by atoms with Crippen molar-refractivity contribution in [2.75, 3.05) is 43.9 Å². The summed E-state index contributed by atoms with van der Waals surface area (Å²) in [4.78, 5) is 38.3. The van der Waals surface area contributed by atoms with Crippen molar-refractivity contribution in [3.8, 4) is 0 Å². The Morgan fingerprint density at radius 2 is 1.81 bits per heavy atom. The number of aromatic nitrogens is 1. The van der Waals surface area contributed by atoms with E-state index in [4.69, 9.17) is 4.52 Å². The predicted octanol–water partition coefficient (Wildman–Crippen LogP) is 2.62. The highest BCUT2D eigenvalue weighted by molar-refractivity contribution is 7.13. The Labute approximate surface area is 185 Å². The second-order valence-corrected chi connectivity index (χ2v) is 9.83. The first-order valence-corrected chi connectivity index (χ1v) is 11.2. The monoisotopic (exact) mass is 448 g/mol. The number of hydrogen-bond acceptors (Lipinski definition) is 6. The van der Waals surface area contributed by atoms with E-state index in [9.17, 15) is 14.4 Å². The molecular weight excluding hydrogens is 418 g/mol. The Balaban J connectivity index is 1.74. The lowest BCUT2D eigenvalue weighted by atomic mass is 9.81. The smallest absolute Gasteiger partial charge is 0.280 e. The zero-order valence-corrected chi connectivity index (χ0v) is 19.2. The summed E-state index contributed by atoms with van der Waals surface area (Å²) >= 11 is 1.30. The normalized spacial score (nSPS) is 17.0. The minimum Gasteiger partial charge on any atom is -0.363 e. The van der Waals surface area contributed by atoms with Gasteiger partial charge < -0.3 is 25.0 Å². The van der Waals surface area contributed by atoms with Crippen LogP contribution in [0.3, 0.4) is 0 Å². The van der Waals surface area contributed by atoms with Crippen LogP contribution in [-0.4, -0.2) is 60.6 Å². The number of rotatable bonds is 7. The van der Waals surface area contributed by atoms with E-state index in [0.29, 0.717) is 20.9 Å². The number of nitrogens with one attached hydrogen (secondary N) is 3. The number of hydrogen-bond donors (Lipinski definition) is 3. The maximum Gasteiger partial charge on any atom is 0.280 e. The van der Waals surface area contributed by atoms with Crippen molar-refractivity contribution in [1.82, 2.24) is 10.5 Å². The molecule has 3 rings (SSSR count). The molecule has 3 N–H and O–H groups in total. The van der Waals surface area contributed by atoms with Crippen LogP contribution in [0.25, 0.3) is 0 Å². The molecule has 0 bridgehead atoms. The average Bonchev–Trinajstić information content (AvgIpc) is 3.34. The fourth-order valence-electron chi connectivity index (χ4n) is 3.82. The molecule has 3 heterocycles. The van der Waals surface area contributed by atoms with Gasteiger partial charge in [-0.3, -0.25) is 14.4 Å². The molecule has 2 aromatic rings. The van der Waals surface area contributed by atoms with Crippen molar-refractivity contribution >= 4 is 40.6 Å². The Kier molecular flexibility index (Phi) is 6.80. The third kappa shape index (κ3) is 5.71. The van der Waals surface area contributed by atoms with Gasteiger partial charge in [0.05, 0.1) is 18.8 Å². The van der Waals surface area contributed by atoms with Crippen molar-refractivity contribution < 1.29 is 23.4 Å². The Hall–Kier alpha value is -2.72. The largest absolute Gasteiger partial charge is 0.363 e. The van der Waals surface area contributed by atoms with Crippen LogP contribution in [-0.2, 0) is 9.59 Å². The summed E-state index contributed by atoms with van der Waals surface area (Å²) in [6.45, 7) is 8.04. The van der Waals surface area contributed by atoms with Crippen molar-refractivity contribution in [2.24, 2.45) is 5.41 Å². The SMILES string of the molecule is CNC(=O)c1scc(C)c1NC(=O)C[N+]1(CC(=O)Nc2ccon2)CCC(C)(C)CC1. The minimum absolute atomic E-state index is 0.158. The molecule has 1 aliphatic heterocycles. The Morgan fingerprint density at radius 1 is 1.16 bits per heavy atom. The van der Waals surface area contributed by atoms with Crippen LogP contribution in [0.2, 0.25) is 0 Å². The minimum atomic E-state index is -0.232. The van der Waals surface area contributed by atoms with Gasteiger partial charge in [-0.25, -0.2) is 0 Å². The molecule has 1 fully saturated rings. The molecule has 1 saturated heterocycles. The molecule has 2 aromatic heterocycles. The number of anilines is 2. The van der Waals surface area contributed by atoms with E-state index in [-0.39, 0.29) is 36.2 Å². The number of nitrogens with zero attached hydrogens (tertiary/aromatic N) is 2. The summed E-state index contributed by atoms with van der Waals surface area (Å²) < 4.78 is 5.12. The first-order valence-electron chi connectivity index (χ1n) is 10.3. The number of carbonyl (C=O) groups is 3. The Bertz CT molecular complexity index is 941. The van der Waals surface area contributed by atoms with Gasteiger partial charge in [-0.15, -0.1) is 11.3 Å². The highest BCUT2D eigenvalue weighted by Gasteiger charge is 2.40. The second kappa shape index (κ2) is 9.19. The molecule has 0 aliphatic carbocycles. The van der Waals surface area contributed by atoms with Gasteiger partial charge in [0.1, 0.15) is 11.1 Å². The highest BCUT2D eigenvalue weighted by atomic mass is 32.1. The molecule has 0 saturated carbocycles. The lowest BCUT2D eigenvalue weighted by Crippen LogP contribution is -2.60. The van der Waals surface area contributed by atoms with Crippen LogP contribution in [0.15, 0.2) is 22.2 Å². The van der Waals surface area contributed by atoms with Gasteiger partial charge in [0.2, 0.25) is 0 Å². The maximum absolute atomic E-state index is 13.0. The van der Waals surface area contributed by atoms with Crippen molar-refractivity contribution in [1.29, 1.82) is 0 Å². The van der Waals surface area contributed by atoms with E-state index in [2.05, 4.69) is 35.0 Å². The number of piperidine rings is 1. The third-order valence-corrected chi connectivity index (χ3v) is 6.96. The van der Waals surface area contributed by atoms with Crippen LogP contribution in [0.5, 0.6) is 0 Å². The molecule has 0 unspecified atom stereocenters. The molecule has 3 amide bonds. The van der Waals surface area contributed by atoms with E-state index < -0.39 is 0 Å². The van der Waals surface area contributed by atoms with Gasteiger partial charge in [-0.05, 0) is 23.3 Å². The summed E-state index contributed by atoms with van der Waals surface area (Å²) in [5.41, 5.74) is 1.56. The molecular formula is C21H30N5O4S+. The van der Waals surface area contributed by atoms with E-state index >= 15 is 0 Å². The summed E-state index contributed by atoms with van der Waals surface area (Å²) in [6.07, 6.45) is 3.22. The van der Waals surface area contributed by atoms with E-state index in [1.165, 1.54) is 17.6 Å². The number of amides is 3. The van der Waals surface area contributed by atoms with Gasteiger partial charge in [-0.2, -0.15) is 0 Å². The number of quaternary nitrogens is 1. The number of thiophene rings is 1. The molecule has 9 nitrogen and oxygen atoms in total. The molecule has 0 spiro atoms. The molecule has 31 heavy (non-hydrogen) atoms. The van der Waals surface area contributed by atoms with Crippen LogP contribution in [0.1, 0.15) is 41.9 Å². The highest BCUT2D eigenvalue weighted by Crippen LogP contribution is 2.34. The lowest BCUT2D eigenvalue weighted by Gasteiger charge is -2.45. The Morgan fingerprint density at radius 3 is 2.39 bits per heavy atom. The summed E-state index contributed by atoms with van der Waals surface area (Å²) in [7, 11) is 1.56.